The van der Waals surface area contributed by atoms with E-state index in [9.17, 15) is 28.3 Å². The first-order chi connectivity index (χ1) is 14.7. The van der Waals surface area contributed by atoms with Gasteiger partial charge in [-0.05, 0) is 42.3 Å². The van der Waals surface area contributed by atoms with Crippen LogP contribution in [0, 0.1) is 11.6 Å². The summed E-state index contributed by atoms with van der Waals surface area (Å²) in [5, 5.41) is 15.4. The molecule has 10 heteroatoms. The largest absolute Gasteiger partial charge is 0.372 e. The first kappa shape index (κ1) is 21.2. The summed E-state index contributed by atoms with van der Waals surface area (Å²) in [5.41, 5.74) is -0.851. The van der Waals surface area contributed by atoms with Crippen molar-refractivity contribution in [3.05, 3.63) is 58.1 Å². The van der Waals surface area contributed by atoms with Gasteiger partial charge in [-0.3, -0.25) is 14.4 Å². The molecule has 0 spiro atoms. The number of hydrogen-bond acceptors (Lipinski definition) is 4. The minimum Gasteiger partial charge on any atom is -0.372 e. The molecule has 0 saturated carbocycles. The molecule has 1 fully saturated rings. The number of halogens is 3. The summed E-state index contributed by atoms with van der Waals surface area (Å²) in [6.45, 7) is -0.501. The Kier molecular flexibility index (Phi) is 5.40. The fraction of sp³-hybridized carbons (Fsp3) is 0.286. The van der Waals surface area contributed by atoms with Crippen molar-refractivity contribution in [1.82, 2.24) is 5.32 Å². The zero-order valence-electron chi connectivity index (χ0n) is 16.2. The van der Waals surface area contributed by atoms with E-state index in [0.717, 1.165) is 17.7 Å². The van der Waals surface area contributed by atoms with Crippen molar-refractivity contribution in [3.63, 3.8) is 0 Å². The highest BCUT2D eigenvalue weighted by Gasteiger charge is 2.51. The van der Waals surface area contributed by atoms with Crippen LogP contribution in [0.15, 0.2) is 30.3 Å². The normalized spacial score (nSPS) is 20.5. The number of hydrogen-bond donors (Lipinski definition) is 3. The zero-order valence-corrected chi connectivity index (χ0v) is 16.9. The van der Waals surface area contributed by atoms with E-state index in [0.29, 0.717) is 24.2 Å². The molecule has 3 N–H and O–H groups in total. The Hall–Kier alpha value is -3.04. The number of amides is 3. The lowest BCUT2D eigenvalue weighted by Crippen LogP contribution is -2.52. The highest BCUT2D eigenvalue weighted by atomic mass is 35.5. The molecule has 2 aromatic rings. The maximum absolute atomic E-state index is 14.0. The van der Waals surface area contributed by atoms with Crippen LogP contribution < -0.4 is 15.5 Å². The topological polar surface area (TPSA) is 98.7 Å². The van der Waals surface area contributed by atoms with Crippen LogP contribution >= 0.6 is 11.6 Å². The molecular weight excluding hydrogens is 432 g/mol. The number of fused-ring (bicyclic) bond motifs is 1. The SMILES string of the molecule is O=C1CCc2cc(N3CCC(O)(C(=O)NCc4c(F)ccc(Cl)c4F)C3=O)ccc2N1. The number of rotatable bonds is 4. The molecular formula is C21H18ClF2N3O4. The van der Waals surface area contributed by atoms with Gasteiger partial charge in [-0.15, -0.1) is 0 Å². The van der Waals surface area contributed by atoms with E-state index in [1.54, 1.807) is 18.2 Å². The van der Waals surface area contributed by atoms with Crippen LogP contribution in [0.3, 0.4) is 0 Å². The first-order valence-corrected chi connectivity index (χ1v) is 9.96. The number of nitrogens with zero attached hydrogens (tertiary/aromatic N) is 1. The monoisotopic (exact) mass is 449 g/mol. The number of carbonyl (C=O) groups excluding carboxylic acids is 3. The Morgan fingerprint density at radius 2 is 2.00 bits per heavy atom. The third-order valence-electron chi connectivity index (χ3n) is 5.53. The van der Waals surface area contributed by atoms with E-state index in [4.69, 9.17) is 11.6 Å². The number of carbonyl (C=O) groups is 3. The summed E-state index contributed by atoms with van der Waals surface area (Å²) < 4.78 is 27.9. The second-order valence-corrected chi connectivity index (χ2v) is 7.87. The van der Waals surface area contributed by atoms with Crippen molar-refractivity contribution in [1.29, 1.82) is 0 Å². The average Bonchev–Trinajstić information content (AvgIpc) is 3.06. The highest BCUT2D eigenvalue weighted by Crippen LogP contribution is 2.33. The molecule has 4 rings (SSSR count). The zero-order chi connectivity index (χ0) is 22.3. The van der Waals surface area contributed by atoms with E-state index >= 15 is 0 Å². The molecule has 0 radical (unpaired) electrons. The van der Waals surface area contributed by atoms with Gasteiger partial charge in [-0.1, -0.05) is 11.6 Å². The van der Waals surface area contributed by atoms with E-state index in [-0.39, 0.29) is 23.9 Å². The molecule has 0 aliphatic carbocycles. The molecule has 2 aromatic carbocycles. The Labute approximate surface area is 181 Å². The number of anilines is 2. The summed E-state index contributed by atoms with van der Waals surface area (Å²) in [4.78, 5) is 38.2. The van der Waals surface area contributed by atoms with Crippen LogP contribution in [0.1, 0.15) is 24.0 Å². The van der Waals surface area contributed by atoms with Crippen LogP contribution in [0.5, 0.6) is 0 Å². The third kappa shape index (κ3) is 3.75. The molecule has 31 heavy (non-hydrogen) atoms. The minimum atomic E-state index is -2.37. The predicted octanol–water partition coefficient (Wildman–Crippen LogP) is 2.29. The van der Waals surface area contributed by atoms with Crippen molar-refractivity contribution in [2.75, 3.05) is 16.8 Å². The van der Waals surface area contributed by atoms with Gasteiger partial charge in [0.15, 0.2) is 0 Å². The molecule has 0 aromatic heterocycles. The Bertz CT molecular complexity index is 1110. The van der Waals surface area contributed by atoms with E-state index in [1.165, 1.54) is 4.90 Å². The van der Waals surface area contributed by atoms with Crippen molar-refractivity contribution >= 4 is 40.7 Å². The quantitative estimate of drug-likeness (QED) is 0.492. The smallest absolute Gasteiger partial charge is 0.268 e. The standard InChI is InChI=1S/C21H18ClF2N3O4/c22-14-3-4-15(23)13(18(14)24)10-25-19(29)21(31)7-8-27(20(21)30)12-2-5-16-11(9-12)1-6-17(28)26-16/h2-5,9,31H,1,6-8,10H2,(H,25,29)(H,26,28). The van der Waals surface area contributed by atoms with Crippen LogP contribution in [-0.4, -0.2) is 35.0 Å². The fourth-order valence-electron chi connectivity index (χ4n) is 3.75. The Balaban J connectivity index is 1.49. The Morgan fingerprint density at radius 3 is 2.77 bits per heavy atom. The molecule has 1 unspecified atom stereocenters. The highest BCUT2D eigenvalue weighted by molar-refractivity contribution is 6.30. The van der Waals surface area contributed by atoms with Crippen LogP contribution in [0.2, 0.25) is 5.02 Å². The van der Waals surface area contributed by atoms with Gasteiger partial charge < -0.3 is 20.6 Å². The van der Waals surface area contributed by atoms with Crippen molar-refractivity contribution in [3.8, 4) is 0 Å². The van der Waals surface area contributed by atoms with Crippen molar-refractivity contribution in [2.45, 2.75) is 31.4 Å². The van der Waals surface area contributed by atoms with Crippen LogP contribution in [0.4, 0.5) is 20.2 Å². The van der Waals surface area contributed by atoms with E-state index in [1.807, 2.05) is 0 Å². The lowest BCUT2D eigenvalue weighted by molar-refractivity contribution is -0.149. The first-order valence-electron chi connectivity index (χ1n) is 9.58. The lowest BCUT2D eigenvalue weighted by Gasteiger charge is -2.24. The summed E-state index contributed by atoms with van der Waals surface area (Å²) in [5.74, 6) is -3.90. The van der Waals surface area contributed by atoms with Gasteiger partial charge in [-0.2, -0.15) is 0 Å². The van der Waals surface area contributed by atoms with Crippen LogP contribution in [0.25, 0.3) is 0 Å². The lowest BCUT2D eigenvalue weighted by atomic mass is 10.0. The molecule has 2 aliphatic heterocycles. The molecule has 2 heterocycles. The maximum Gasteiger partial charge on any atom is 0.268 e. The third-order valence-corrected chi connectivity index (χ3v) is 5.82. The van der Waals surface area contributed by atoms with Gasteiger partial charge in [0.1, 0.15) is 11.6 Å². The second kappa shape index (κ2) is 7.90. The summed E-state index contributed by atoms with van der Waals surface area (Å²) >= 11 is 5.64. The number of nitrogens with one attached hydrogen (secondary N) is 2. The number of benzene rings is 2. The molecule has 0 bridgehead atoms. The summed E-state index contributed by atoms with van der Waals surface area (Å²) in [7, 11) is 0. The molecule has 1 atom stereocenters. The van der Waals surface area contributed by atoms with Crippen molar-refractivity contribution in [2.24, 2.45) is 0 Å². The second-order valence-electron chi connectivity index (χ2n) is 7.46. The molecule has 1 saturated heterocycles. The van der Waals surface area contributed by atoms with Gasteiger partial charge in [0.05, 0.1) is 5.02 Å². The van der Waals surface area contributed by atoms with Crippen molar-refractivity contribution < 1.29 is 28.3 Å². The van der Waals surface area contributed by atoms with Gasteiger partial charge >= 0.3 is 0 Å². The summed E-state index contributed by atoms with van der Waals surface area (Å²) in [6.07, 6.45) is 0.651. The van der Waals surface area contributed by atoms with Crippen LogP contribution in [-0.2, 0) is 27.3 Å². The Morgan fingerprint density at radius 1 is 1.23 bits per heavy atom. The average molecular weight is 450 g/mol. The van der Waals surface area contributed by atoms with Gasteiger partial charge in [0.25, 0.3) is 11.8 Å². The van der Waals surface area contributed by atoms with Gasteiger partial charge in [0, 0.05) is 42.9 Å². The summed E-state index contributed by atoms with van der Waals surface area (Å²) in [6, 6.07) is 7.02. The fourth-order valence-corrected chi connectivity index (χ4v) is 3.92. The predicted molar refractivity (Wildman–Crippen MR) is 109 cm³/mol. The van der Waals surface area contributed by atoms with E-state index < -0.39 is 41.2 Å². The van der Waals surface area contributed by atoms with E-state index in [2.05, 4.69) is 10.6 Å². The number of aliphatic hydroxyl groups is 1. The molecule has 7 nitrogen and oxygen atoms in total. The molecule has 3 amide bonds. The van der Waals surface area contributed by atoms with Gasteiger partial charge in [-0.25, -0.2) is 8.78 Å². The molecule has 162 valence electrons. The maximum atomic E-state index is 14.0. The number of aryl methyl sites for hydroxylation is 1. The minimum absolute atomic E-state index is 0.0772. The molecule has 2 aliphatic rings. The van der Waals surface area contributed by atoms with Gasteiger partial charge in [0.2, 0.25) is 11.5 Å².